The van der Waals surface area contributed by atoms with E-state index in [2.05, 4.69) is 10.3 Å². The molecule has 6 heteroatoms. The molecule has 21 heavy (non-hydrogen) atoms. The summed E-state index contributed by atoms with van der Waals surface area (Å²) in [7, 11) is 0. The standard InChI is InChI=1S/C15H19N3O3/c1-10(2)7-12(15(20)21)16-9-11-8-14(19)18-6-4-3-5-13(18)17-11/h3-6,8,10,12,16H,7,9H2,1-2H3,(H,20,21). The zero-order valence-electron chi connectivity index (χ0n) is 12.1. The summed E-state index contributed by atoms with van der Waals surface area (Å²) in [6.07, 6.45) is 2.18. The SMILES string of the molecule is CC(C)CC(NCc1cc(=O)n2ccccc2n1)C(=O)O. The maximum absolute atomic E-state index is 11.9. The monoisotopic (exact) mass is 289 g/mol. The van der Waals surface area contributed by atoms with Crippen LogP contribution < -0.4 is 10.9 Å². The zero-order valence-corrected chi connectivity index (χ0v) is 12.1. The summed E-state index contributed by atoms with van der Waals surface area (Å²) >= 11 is 0. The van der Waals surface area contributed by atoms with Crippen LogP contribution in [0.4, 0.5) is 0 Å². The maximum atomic E-state index is 11.9. The van der Waals surface area contributed by atoms with Crippen molar-refractivity contribution < 1.29 is 9.90 Å². The molecule has 1 unspecified atom stereocenters. The normalized spacial score (nSPS) is 12.7. The topological polar surface area (TPSA) is 83.7 Å². The number of carboxylic acid groups (broad SMARTS) is 1. The second-order valence-corrected chi connectivity index (χ2v) is 5.42. The van der Waals surface area contributed by atoms with Crippen molar-refractivity contribution in [1.29, 1.82) is 0 Å². The first kappa shape index (κ1) is 15.2. The lowest BCUT2D eigenvalue weighted by molar-refractivity contribution is -0.140. The minimum atomic E-state index is -0.888. The molecule has 0 aromatic carbocycles. The van der Waals surface area contributed by atoms with Gasteiger partial charge in [0, 0.05) is 18.8 Å². The number of hydrogen-bond donors (Lipinski definition) is 2. The van der Waals surface area contributed by atoms with Crippen LogP contribution >= 0.6 is 0 Å². The van der Waals surface area contributed by atoms with Crippen molar-refractivity contribution in [3.63, 3.8) is 0 Å². The van der Waals surface area contributed by atoms with E-state index >= 15 is 0 Å². The molecule has 0 aliphatic rings. The van der Waals surface area contributed by atoms with Crippen molar-refractivity contribution in [1.82, 2.24) is 14.7 Å². The molecule has 0 bridgehead atoms. The summed E-state index contributed by atoms with van der Waals surface area (Å²) in [4.78, 5) is 27.5. The lowest BCUT2D eigenvalue weighted by Crippen LogP contribution is -2.37. The number of rotatable bonds is 6. The maximum Gasteiger partial charge on any atom is 0.320 e. The quantitative estimate of drug-likeness (QED) is 0.837. The summed E-state index contributed by atoms with van der Waals surface area (Å²) < 4.78 is 1.45. The molecule has 0 spiro atoms. The molecule has 0 saturated heterocycles. The van der Waals surface area contributed by atoms with Gasteiger partial charge in [0.15, 0.2) is 0 Å². The molecule has 2 heterocycles. The van der Waals surface area contributed by atoms with Gasteiger partial charge < -0.3 is 5.11 Å². The number of fused-ring (bicyclic) bond motifs is 1. The number of hydrogen-bond acceptors (Lipinski definition) is 4. The number of carbonyl (C=O) groups is 1. The van der Waals surface area contributed by atoms with Crippen LogP contribution in [-0.2, 0) is 11.3 Å². The van der Waals surface area contributed by atoms with Crippen LogP contribution in [0.5, 0.6) is 0 Å². The van der Waals surface area contributed by atoms with Crippen LogP contribution in [-0.4, -0.2) is 26.5 Å². The van der Waals surface area contributed by atoms with Crippen molar-refractivity contribution in [2.45, 2.75) is 32.9 Å². The first-order valence-electron chi connectivity index (χ1n) is 6.91. The van der Waals surface area contributed by atoms with E-state index in [1.165, 1.54) is 10.5 Å². The summed E-state index contributed by atoms with van der Waals surface area (Å²) in [6, 6.07) is 6.10. The number of carboxylic acids is 1. The Morgan fingerprint density at radius 3 is 2.86 bits per heavy atom. The highest BCUT2D eigenvalue weighted by molar-refractivity contribution is 5.73. The predicted molar refractivity (Wildman–Crippen MR) is 79.2 cm³/mol. The Morgan fingerprint density at radius 1 is 1.43 bits per heavy atom. The van der Waals surface area contributed by atoms with Gasteiger partial charge in [0.25, 0.3) is 5.56 Å². The number of nitrogens with zero attached hydrogens (tertiary/aromatic N) is 2. The van der Waals surface area contributed by atoms with Gasteiger partial charge in [-0.25, -0.2) is 4.98 Å². The molecule has 2 N–H and O–H groups in total. The summed E-state index contributed by atoms with van der Waals surface area (Å²) in [6.45, 7) is 4.20. The molecule has 2 aromatic heterocycles. The largest absolute Gasteiger partial charge is 0.480 e. The van der Waals surface area contributed by atoms with Crippen LogP contribution in [0.1, 0.15) is 26.0 Å². The third-order valence-electron chi connectivity index (χ3n) is 3.16. The van der Waals surface area contributed by atoms with Gasteiger partial charge >= 0.3 is 5.97 Å². The van der Waals surface area contributed by atoms with Gasteiger partial charge in [0.1, 0.15) is 11.7 Å². The van der Waals surface area contributed by atoms with E-state index in [0.29, 0.717) is 17.8 Å². The molecule has 0 saturated carbocycles. The molecule has 0 fully saturated rings. The fourth-order valence-corrected chi connectivity index (χ4v) is 2.16. The fourth-order valence-electron chi connectivity index (χ4n) is 2.16. The molecule has 1 atom stereocenters. The van der Waals surface area contributed by atoms with Crippen molar-refractivity contribution in [3.8, 4) is 0 Å². The van der Waals surface area contributed by atoms with E-state index in [-0.39, 0.29) is 18.0 Å². The van der Waals surface area contributed by atoms with Crippen LogP contribution in [0.2, 0.25) is 0 Å². The average Bonchev–Trinajstić information content (AvgIpc) is 2.43. The second kappa shape index (κ2) is 6.49. The van der Waals surface area contributed by atoms with Gasteiger partial charge in [-0.2, -0.15) is 0 Å². The van der Waals surface area contributed by atoms with Gasteiger partial charge in [-0.3, -0.25) is 19.3 Å². The van der Waals surface area contributed by atoms with Crippen molar-refractivity contribution in [2.75, 3.05) is 0 Å². The smallest absolute Gasteiger partial charge is 0.320 e. The Balaban J connectivity index is 2.16. The van der Waals surface area contributed by atoms with Gasteiger partial charge in [-0.1, -0.05) is 19.9 Å². The van der Waals surface area contributed by atoms with Crippen LogP contribution in [0, 0.1) is 5.92 Å². The van der Waals surface area contributed by atoms with E-state index < -0.39 is 12.0 Å². The molecule has 0 aliphatic carbocycles. The highest BCUT2D eigenvalue weighted by Gasteiger charge is 2.18. The highest BCUT2D eigenvalue weighted by atomic mass is 16.4. The fraction of sp³-hybridized carbons (Fsp3) is 0.400. The first-order valence-corrected chi connectivity index (χ1v) is 6.91. The van der Waals surface area contributed by atoms with Crippen molar-refractivity contribution in [3.05, 3.63) is 46.5 Å². The Bertz CT molecular complexity index is 694. The minimum Gasteiger partial charge on any atom is -0.480 e. The van der Waals surface area contributed by atoms with E-state index in [0.717, 1.165) is 0 Å². The second-order valence-electron chi connectivity index (χ2n) is 5.42. The molecular weight excluding hydrogens is 270 g/mol. The van der Waals surface area contributed by atoms with Crippen molar-refractivity contribution in [2.24, 2.45) is 5.92 Å². The molecule has 2 rings (SSSR count). The Hall–Kier alpha value is -2.21. The lowest BCUT2D eigenvalue weighted by Gasteiger charge is -2.16. The summed E-state index contributed by atoms with van der Waals surface area (Å²) in [5.41, 5.74) is 0.923. The first-order chi connectivity index (χ1) is 9.97. The average molecular weight is 289 g/mol. The Morgan fingerprint density at radius 2 is 2.19 bits per heavy atom. The predicted octanol–water partition coefficient (Wildman–Crippen LogP) is 1.28. The van der Waals surface area contributed by atoms with E-state index in [1.54, 1.807) is 24.4 Å². The van der Waals surface area contributed by atoms with Gasteiger partial charge in [0.2, 0.25) is 0 Å². The van der Waals surface area contributed by atoms with E-state index in [4.69, 9.17) is 0 Å². The zero-order chi connectivity index (χ0) is 15.4. The minimum absolute atomic E-state index is 0.173. The van der Waals surface area contributed by atoms with E-state index in [9.17, 15) is 14.7 Å². The molecule has 2 aromatic rings. The summed E-state index contributed by atoms with van der Waals surface area (Å²) in [5, 5.41) is 12.1. The third kappa shape index (κ3) is 3.88. The molecule has 0 aliphatic heterocycles. The molecule has 0 radical (unpaired) electrons. The van der Waals surface area contributed by atoms with Crippen LogP contribution in [0.15, 0.2) is 35.3 Å². The third-order valence-corrected chi connectivity index (χ3v) is 3.16. The lowest BCUT2D eigenvalue weighted by atomic mass is 10.0. The number of pyridine rings is 1. The van der Waals surface area contributed by atoms with Gasteiger partial charge in [-0.05, 0) is 24.5 Å². The summed E-state index contributed by atoms with van der Waals surface area (Å²) in [5.74, 6) is -0.616. The number of aromatic nitrogens is 2. The number of aliphatic carboxylic acids is 1. The molecule has 0 amide bonds. The van der Waals surface area contributed by atoms with E-state index in [1.807, 2.05) is 13.8 Å². The molecule has 112 valence electrons. The molecule has 6 nitrogen and oxygen atoms in total. The highest BCUT2D eigenvalue weighted by Crippen LogP contribution is 2.06. The van der Waals surface area contributed by atoms with Gasteiger partial charge in [0.05, 0.1) is 5.69 Å². The van der Waals surface area contributed by atoms with Crippen molar-refractivity contribution >= 4 is 11.6 Å². The number of nitrogens with one attached hydrogen (secondary N) is 1. The Kier molecular flexibility index (Phi) is 4.70. The van der Waals surface area contributed by atoms with Crippen LogP contribution in [0.25, 0.3) is 5.65 Å². The van der Waals surface area contributed by atoms with Crippen LogP contribution in [0.3, 0.4) is 0 Å². The Labute approximate surface area is 122 Å². The molecular formula is C15H19N3O3. The van der Waals surface area contributed by atoms with Gasteiger partial charge in [-0.15, -0.1) is 0 Å².